The normalized spacial score (nSPS) is 11.0. The monoisotopic (exact) mass is 404 g/mol. The van der Waals surface area contributed by atoms with Crippen molar-refractivity contribution in [2.24, 2.45) is 0 Å². The molecule has 0 fully saturated rings. The summed E-state index contributed by atoms with van der Waals surface area (Å²) in [4.78, 5) is 12.0. The quantitative estimate of drug-likeness (QED) is 0.647. The summed E-state index contributed by atoms with van der Waals surface area (Å²) in [5.74, 6) is -0.995. The maximum Gasteiger partial charge on any atom is 0.234 e. The third-order valence-electron chi connectivity index (χ3n) is 2.93. The van der Waals surface area contributed by atoms with Crippen LogP contribution >= 0.6 is 46.6 Å². The molecule has 0 saturated heterocycles. The van der Waals surface area contributed by atoms with Crippen LogP contribution in [0.2, 0.25) is 15.1 Å². The number of benzene rings is 1. The van der Waals surface area contributed by atoms with Gasteiger partial charge >= 0.3 is 0 Å². The van der Waals surface area contributed by atoms with Gasteiger partial charge in [0.15, 0.2) is 10.8 Å². The lowest BCUT2D eigenvalue weighted by Crippen LogP contribution is -2.15. The second kappa shape index (κ2) is 7.14. The smallest absolute Gasteiger partial charge is 0.234 e. The van der Waals surface area contributed by atoms with Gasteiger partial charge < -0.3 is 5.32 Å². The van der Waals surface area contributed by atoms with Gasteiger partial charge in [0.1, 0.15) is 5.82 Å². The number of carbonyl (C=O) groups excluding carboxylic acids is 1. The fraction of sp³-hybridized carbons (Fsp3) is 0.0714. The van der Waals surface area contributed by atoms with Crippen molar-refractivity contribution in [2.45, 2.75) is 5.16 Å². The molecule has 24 heavy (non-hydrogen) atoms. The van der Waals surface area contributed by atoms with Crippen molar-refractivity contribution in [1.82, 2.24) is 14.6 Å². The summed E-state index contributed by atoms with van der Waals surface area (Å²) in [7, 11) is 0. The topological polar surface area (TPSA) is 59.3 Å². The van der Waals surface area contributed by atoms with Gasteiger partial charge in [0.05, 0.1) is 21.5 Å². The average Bonchev–Trinajstić information content (AvgIpc) is 2.91. The van der Waals surface area contributed by atoms with Crippen LogP contribution in [-0.2, 0) is 4.79 Å². The summed E-state index contributed by atoms with van der Waals surface area (Å²) in [6, 6.07) is 5.56. The van der Waals surface area contributed by atoms with E-state index < -0.39 is 11.7 Å². The number of hydrogen-bond acceptors (Lipinski definition) is 4. The second-order valence-electron chi connectivity index (χ2n) is 4.64. The van der Waals surface area contributed by atoms with Gasteiger partial charge in [-0.05, 0) is 24.3 Å². The van der Waals surface area contributed by atoms with E-state index in [1.54, 1.807) is 16.7 Å². The van der Waals surface area contributed by atoms with Crippen LogP contribution in [0.15, 0.2) is 35.6 Å². The lowest BCUT2D eigenvalue weighted by atomic mass is 10.3. The molecule has 124 valence electrons. The number of halogens is 4. The zero-order valence-electron chi connectivity index (χ0n) is 11.8. The Bertz CT molecular complexity index is 934. The van der Waals surface area contributed by atoms with Gasteiger partial charge in [-0.1, -0.05) is 46.6 Å². The number of pyridine rings is 1. The van der Waals surface area contributed by atoms with Crippen molar-refractivity contribution in [1.29, 1.82) is 0 Å². The van der Waals surface area contributed by atoms with Crippen molar-refractivity contribution < 1.29 is 9.18 Å². The van der Waals surface area contributed by atoms with Crippen molar-refractivity contribution in [3.05, 3.63) is 51.3 Å². The second-order valence-corrected chi connectivity index (χ2v) is 6.87. The zero-order chi connectivity index (χ0) is 17.3. The SMILES string of the molecule is O=C(CSc1nnc2c(Cl)cc(Cl)cn12)Nc1ccc(Cl)cc1F. The summed E-state index contributed by atoms with van der Waals surface area (Å²) in [6.45, 7) is 0. The first-order valence-electron chi connectivity index (χ1n) is 6.51. The molecular weight excluding hydrogens is 398 g/mol. The third-order valence-corrected chi connectivity index (χ3v) is 4.60. The Morgan fingerprint density at radius 1 is 1.21 bits per heavy atom. The molecule has 3 rings (SSSR count). The molecule has 0 aliphatic heterocycles. The van der Waals surface area contributed by atoms with E-state index in [4.69, 9.17) is 34.8 Å². The highest BCUT2D eigenvalue weighted by atomic mass is 35.5. The van der Waals surface area contributed by atoms with Gasteiger partial charge in [-0.3, -0.25) is 9.20 Å². The Morgan fingerprint density at radius 2 is 2.00 bits per heavy atom. The highest BCUT2D eigenvalue weighted by Crippen LogP contribution is 2.25. The predicted molar refractivity (Wildman–Crippen MR) is 93.8 cm³/mol. The molecule has 0 spiro atoms. The van der Waals surface area contributed by atoms with E-state index >= 15 is 0 Å². The standard InChI is InChI=1S/C14H8Cl3FN4OS/c15-7-1-2-11(10(18)4-7)19-12(23)6-24-14-21-20-13-9(17)3-8(16)5-22(13)14/h1-5H,6H2,(H,19,23). The summed E-state index contributed by atoms with van der Waals surface area (Å²) in [6.07, 6.45) is 1.60. The maximum atomic E-state index is 13.7. The molecule has 1 aromatic carbocycles. The molecule has 0 saturated carbocycles. The number of fused-ring (bicyclic) bond motifs is 1. The molecule has 0 atom stereocenters. The van der Waals surface area contributed by atoms with Crippen molar-refractivity contribution in [3.63, 3.8) is 0 Å². The van der Waals surface area contributed by atoms with Crippen molar-refractivity contribution in [2.75, 3.05) is 11.1 Å². The van der Waals surface area contributed by atoms with Crippen LogP contribution in [0.1, 0.15) is 0 Å². The Morgan fingerprint density at radius 3 is 2.75 bits per heavy atom. The number of rotatable bonds is 4. The lowest BCUT2D eigenvalue weighted by Gasteiger charge is -2.06. The minimum absolute atomic E-state index is 0.00694. The lowest BCUT2D eigenvalue weighted by molar-refractivity contribution is -0.113. The third kappa shape index (κ3) is 3.75. The van der Waals surface area contributed by atoms with Crippen LogP contribution in [0, 0.1) is 5.82 Å². The highest BCUT2D eigenvalue weighted by molar-refractivity contribution is 7.99. The van der Waals surface area contributed by atoms with Gasteiger partial charge in [0.25, 0.3) is 0 Å². The van der Waals surface area contributed by atoms with Gasteiger partial charge in [0.2, 0.25) is 5.91 Å². The molecule has 1 N–H and O–H groups in total. The minimum Gasteiger partial charge on any atom is -0.323 e. The molecule has 10 heteroatoms. The first-order valence-corrected chi connectivity index (χ1v) is 8.63. The van der Waals surface area contributed by atoms with Crippen LogP contribution in [-0.4, -0.2) is 26.3 Å². The minimum atomic E-state index is -0.604. The molecule has 0 unspecified atom stereocenters. The molecule has 3 aromatic rings. The van der Waals surface area contributed by atoms with Gasteiger partial charge in [-0.15, -0.1) is 10.2 Å². The van der Waals surface area contributed by atoms with Crippen LogP contribution in [0.25, 0.3) is 5.65 Å². The molecule has 2 aromatic heterocycles. The van der Waals surface area contributed by atoms with E-state index in [1.807, 2.05) is 0 Å². The van der Waals surface area contributed by atoms with E-state index in [-0.39, 0.29) is 16.5 Å². The van der Waals surface area contributed by atoms with E-state index in [2.05, 4.69) is 15.5 Å². The molecule has 0 radical (unpaired) electrons. The first kappa shape index (κ1) is 17.3. The van der Waals surface area contributed by atoms with Crippen LogP contribution in [0.4, 0.5) is 10.1 Å². The molecule has 0 aliphatic carbocycles. The summed E-state index contributed by atoms with van der Waals surface area (Å²) in [5, 5.41) is 11.8. The maximum absolute atomic E-state index is 13.7. The molecule has 2 heterocycles. The van der Waals surface area contributed by atoms with E-state index in [0.29, 0.717) is 20.8 Å². The van der Waals surface area contributed by atoms with Gasteiger partial charge in [-0.25, -0.2) is 4.39 Å². The van der Waals surface area contributed by atoms with Crippen LogP contribution in [0.5, 0.6) is 0 Å². The number of nitrogens with zero attached hydrogens (tertiary/aromatic N) is 3. The predicted octanol–water partition coefficient (Wildman–Crippen LogP) is 4.56. The Hall–Kier alpha value is -1.54. The Balaban J connectivity index is 1.70. The van der Waals surface area contributed by atoms with Crippen molar-refractivity contribution >= 4 is 63.8 Å². The number of carbonyl (C=O) groups is 1. The van der Waals surface area contributed by atoms with E-state index in [1.165, 1.54) is 12.1 Å². The van der Waals surface area contributed by atoms with E-state index in [9.17, 15) is 9.18 Å². The fourth-order valence-corrected chi connectivity index (χ4v) is 3.29. The molecule has 5 nitrogen and oxygen atoms in total. The molecule has 0 aliphatic rings. The number of anilines is 1. The van der Waals surface area contributed by atoms with Crippen LogP contribution < -0.4 is 5.32 Å². The summed E-state index contributed by atoms with van der Waals surface area (Å²) < 4.78 is 15.2. The number of hydrogen-bond donors (Lipinski definition) is 1. The average molecular weight is 406 g/mol. The highest BCUT2D eigenvalue weighted by Gasteiger charge is 2.13. The molecule has 1 amide bonds. The fourth-order valence-electron chi connectivity index (χ4n) is 1.91. The number of thioether (sulfide) groups is 1. The van der Waals surface area contributed by atoms with Crippen LogP contribution in [0.3, 0.4) is 0 Å². The summed E-state index contributed by atoms with van der Waals surface area (Å²) in [5.41, 5.74) is 0.495. The zero-order valence-corrected chi connectivity index (χ0v) is 14.8. The number of aromatic nitrogens is 3. The largest absolute Gasteiger partial charge is 0.323 e. The van der Waals surface area contributed by atoms with E-state index in [0.717, 1.165) is 17.8 Å². The number of amides is 1. The Labute approximate surface area is 155 Å². The van der Waals surface area contributed by atoms with Gasteiger partial charge in [-0.2, -0.15) is 0 Å². The van der Waals surface area contributed by atoms with Crippen molar-refractivity contribution in [3.8, 4) is 0 Å². The molecular formula is C14H8Cl3FN4OS. The Kier molecular flexibility index (Phi) is 5.15. The molecule has 0 bridgehead atoms. The number of nitrogens with one attached hydrogen (secondary N) is 1. The first-order chi connectivity index (χ1) is 11.4. The van der Waals surface area contributed by atoms with Gasteiger partial charge in [0, 0.05) is 11.2 Å². The summed E-state index contributed by atoms with van der Waals surface area (Å²) >= 11 is 18.8.